The Bertz CT molecular complexity index is 696. The van der Waals surface area contributed by atoms with Gasteiger partial charge in [0.25, 0.3) is 10.1 Å². The van der Waals surface area contributed by atoms with Gasteiger partial charge in [-0.1, -0.05) is 18.5 Å². The van der Waals surface area contributed by atoms with E-state index in [-0.39, 0.29) is 17.4 Å². The van der Waals surface area contributed by atoms with Gasteiger partial charge in [-0.2, -0.15) is 8.42 Å². The molecule has 8 heteroatoms. The molecule has 0 radical (unpaired) electrons. The summed E-state index contributed by atoms with van der Waals surface area (Å²) in [4.78, 5) is 13.6. The van der Waals surface area contributed by atoms with Gasteiger partial charge in [-0.3, -0.25) is 4.18 Å². The third-order valence-corrected chi connectivity index (χ3v) is 5.15. The highest BCUT2D eigenvalue weighted by atomic mass is 35.5. The Morgan fingerprint density at radius 2 is 1.79 bits per heavy atom. The Morgan fingerprint density at radius 3 is 2.33 bits per heavy atom. The van der Waals surface area contributed by atoms with Crippen molar-refractivity contribution in [2.45, 2.75) is 44.3 Å². The van der Waals surface area contributed by atoms with Gasteiger partial charge in [0, 0.05) is 17.5 Å². The largest absolute Gasteiger partial charge is 0.444 e. The van der Waals surface area contributed by atoms with E-state index in [4.69, 9.17) is 20.5 Å². The third kappa shape index (κ3) is 4.84. The van der Waals surface area contributed by atoms with Crippen molar-refractivity contribution in [1.29, 1.82) is 0 Å². The van der Waals surface area contributed by atoms with Crippen molar-refractivity contribution in [2.75, 3.05) is 13.1 Å². The summed E-state index contributed by atoms with van der Waals surface area (Å²) in [6, 6.07) is 5.76. The summed E-state index contributed by atoms with van der Waals surface area (Å²) in [6.45, 7) is 7.74. The second-order valence-corrected chi connectivity index (χ2v) is 8.91. The minimum absolute atomic E-state index is 0.0369. The van der Waals surface area contributed by atoms with Crippen LogP contribution in [0.25, 0.3) is 0 Å². The summed E-state index contributed by atoms with van der Waals surface area (Å²) in [5, 5.41) is 0.444. The van der Waals surface area contributed by atoms with E-state index in [0.29, 0.717) is 11.6 Å². The molecule has 1 aliphatic rings. The Hall–Kier alpha value is -1.31. The second-order valence-electron chi connectivity index (χ2n) is 6.91. The fourth-order valence-corrected chi connectivity index (χ4v) is 3.64. The van der Waals surface area contributed by atoms with Crippen LogP contribution in [0.3, 0.4) is 0 Å². The monoisotopic (exact) mass is 375 g/mol. The van der Waals surface area contributed by atoms with Crippen LogP contribution >= 0.6 is 11.6 Å². The molecule has 0 bridgehead atoms. The van der Waals surface area contributed by atoms with Crippen molar-refractivity contribution >= 4 is 27.8 Å². The number of carbonyl (C=O) groups is 1. The van der Waals surface area contributed by atoms with Crippen LogP contribution < -0.4 is 0 Å². The van der Waals surface area contributed by atoms with Gasteiger partial charge in [0.1, 0.15) is 5.60 Å². The molecule has 24 heavy (non-hydrogen) atoms. The molecule has 1 fully saturated rings. The lowest BCUT2D eigenvalue weighted by atomic mass is 10.1. The molecule has 0 unspecified atom stereocenters. The summed E-state index contributed by atoms with van der Waals surface area (Å²) in [5.74, 6) is -0.125. The molecule has 2 rings (SSSR count). The predicted octanol–water partition coefficient (Wildman–Crippen LogP) is 3.30. The van der Waals surface area contributed by atoms with E-state index < -0.39 is 27.9 Å². The number of halogens is 1. The number of hydrogen-bond donors (Lipinski definition) is 0. The van der Waals surface area contributed by atoms with Crippen LogP contribution in [0, 0.1) is 5.92 Å². The number of carbonyl (C=O) groups excluding carboxylic acids is 1. The molecule has 0 spiro atoms. The maximum Gasteiger partial charge on any atom is 0.410 e. The smallest absolute Gasteiger partial charge is 0.410 e. The molecular weight excluding hydrogens is 354 g/mol. The van der Waals surface area contributed by atoms with Gasteiger partial charge >= 0.3 is 6.09 Å². The molecule has 0 aromatic heterocycles. The molecule has 134 valence electrons. The van der Waals surface area contributed by atoms with Crippen molar-refractivity contribution in [3.63, 3.8) is 0 Å². The molecule has 1 saturated heterocycles. The number of ether oxygens (including phenoxy) is 1. The van der Waals surface area contributed by atoms with Crippen molar-refractivity contribution in [3.05, 3.63) is 29.3 Å². The van der Waals surface area contributed by atoms with Gasteiger partial charge in [0.05, 0.1) is 17.5 Å². The Morgan fingerprint density at radius 1 is 1.21 bits per heavy atom. The van der Waals surface area contributed by atoms with Gasteiger partial charge in [-0.15, -0.1) is 0 Å². The Kier molecular flexibility index (Phi) is 5.47. The molecule has 1 heterocycles. The first-order valence-corrected chi connectivity index (χ1v) is 9.43. The number of hydrogen-bond acceptors (Lipinski definition) is 5. The Balaban J connectivity index is 2.05. The first-order chi connectivity index (χ1) is 11.0. The van der Waals surface area contributed by atoms with Crippen molar-refractivity contribution in [2.24, 2.45) is 5.92 Å². The van der Waals surface area contributed by atoms with Crippen LogP contribution in [0.15, 0.2) is 29.2 Å². The quantitative estimate of drug-likeness (QED) is 0.758. The predicted molar refractivity (Wildman–Crippen MR) is 90.5 cm³/mol. The summed E-state index contributed by atoms with van der Waals surface area (Å²) in [7, 11) is -3.92. The Labute approximate surface area is 147 Å². The molecule has 0 aliphatic carbocycles. The van der Waals surface area contributed by atoms with Crippen molar-refractivity contribution in [3.8, 4) is 0 Å². The lowest BCUT2D eigenvalue weighted by Crippen LogP contribution is -2.36. The maximum atomic E-state index is 12.4. The molecule has 1 aromatic carbocycles. The van der Waals surface area contributed by atoms with Crippen molar-refractivity contribution < 1.29 is 22.1 Å². The molecule has 2 atom stereocenters. The van der Waals surface area contributed by atoms with Gasteiger partial charge in [-0.25, -0.2) is 4.79 Å². The van der Waals surface area contributed by atoms with E-state index in [9.17, 15) is 13.2 Å². The SMILES string of the molecule is C[C@H]1CN(C(=O)OC(C)(C)C)C[C@@H]1OS(=O)(=O)c1ccc(Cl)cc1. The highest BCUT2D eigenvalue weighted by Crippen LogP contribution is 2.26. The van der Waals surface area contributed by atoms with Crippen LogP contribution in [0.4, 0.5) is 4.79 Å². The van der Waals surface area contributed by atoms with Gasteiger partial charge in [-0.05, 0) is 45.0 Å². The van der Waals surface area contributed by atoms with Crippen LogP contribution in [-0.4, -0.2) is 44.2 Å². The molecule has 1 aromatic rings. The zero-order valence-electron chi connectivity index (χ0n) is 14.2. The molecule has 6 nitrogen and oxygen atoms in total. The average Bonchev–Trinajstić information content (AvgIpc) is 2.78. The summed E-state index contributed by atoms with van der Waals surface area (Å²) in [5.41, 5.74) is -0.603. The molecule has 0 N–H and O–H groups in total. The van der Waals surface area contributed by atoms with E-state index in [1.54, 1.807) is 20.8 Å². The standard InChI is InChI=1S/C16H22ClNO5S/c1-11-9-18(15(19)22-16(2,3)4)10-14(11)23-24(20,21)13-7-5-12(17)6-8-13/h5-8,11,14H,9-10H2,1-4H3/t11-,14-/m0/s1. The molecule has 0 saturated carbocycles. The topological polar surface area (TPSA) is 72.9 Å². The molecule has 1 aliphatic heterocycles. The van der Waals surface area contributed by atoms with Crippen LogP contribution in [0.5, 0.6) is 0 Å². The fraction of sp³-hybridized carbons (Fsp3) is 0.562. The second kappa shape index (κ2) is 6.90. The normalized spacial score (nSPS) is 21.8. The zero-order valence-corrected chi connectivity index (χ0v) is 15.7. The van der Waals surface area contributed by atoms with E-state index in [1.807, 2.05) is 6.92 Å². The fourth-order valence-electron chi connectivity index (χ4n) is 2.36. The lowest BCUT2D eigenvalue weighted by Gasteiger charge is -2.24. The number of amides is 1. The minimum Gasteiger partial charge on any atom is -0.444 e. The lowest BCUT2D eigenvalue weighted by molar-refractivity contribution is 0.0275. The van der Waals surface area contributed by atoms with E-state index >= 15 is 0 Å². The minimum atomic E-state index is -3.92. The maximum absolute atomic E-state index is 12.4. The number of nitrogens with zero attached hydrogens (tertiary/aromatic N) is 1. The summed E-state index contributed by atoms with van der Waals surface area (Å²) >= 11 is 5.77. The number of benzene rings is 1. The number of rotatable bonds is 3. The van der Waals surface area contributed by atoms with Gasteiger partial charge in [0.15, 0.2) is 0 Å². The summed E-state index contributed by atoms with van der Waals surface area (Å²) in [6.07, 6.45) is -1.08. The molecule has 1 amide bonds. The molecular formula is C16H22ClNO5S. The zero-order chi connectivity index (χ0) is 18.1. The van der Waals surface area contributed by atoms with Crippen molar-refractivity contribution in [1.82, 2.24) is 4.90 Å². The first kappa shape index (κ1) is 19.0. The van der Waals surface area contributed by atoms with E-state index in [2.05, 4.69) is 0 Å². The van der Waals surface area contributed by atoms with Crippen LogP contribution in [0.2, 0.25) is 5.02 Å². The third-order valence-electron chi connectivity index (χ3n) is 3.55. The number of likely N-dealkylation sites (tertiary alicyclic amines) is 1. The first-order valence-electron chi connectivity index (χ1n) is 7.65. The highest BCUT2D eigenvalue weighted by molar-refractivity contribution is 7.86. The van der Waals surface area contributed by atoms with Crippen LogP contribution in [-0.2, 0) is 19.0 Å². The van der Waals surface area contributed by atoms with E-state index in [1.165, 1.54) is 29.2 Å². The van der Waals surface area contributed by atoms with E-state index in [0.717, 1.165) is 0 Å². The highest BCUT2D eigenvalue weighted by Gasteiger charge is 2.38. The van der Waals surface area contributed by atoms with Crippen LogP contribution in [0.1, 0.15) is 27.7 Å². The average molecular weight is 376 g/mol. The summed E-state index contributed by atoms with van der Waals surface area (Å²) < 4.78 is 35.3. The van der Waals surface area contributed by atoms with Gasteiger partial charge in [0.2, 0.25) is 0 Å². The van der Waals surface area contributed by atoms with Gasteiger partial charge < -0.3 is 9.64 Å².